The molecule has 0 radical (unpaired) electrons. The molecule has 24 heavy (non-hydrogen) atoms. The molecule has 0 aliphatic heterocycles. The third kappa shape index (κ3) is 3.39. The van der Waals surface area contributed by atoms with Crippen LogP contribution in [0.1, 0.15) is 15.9 Å². The van der Waals surface area contributed by atoms with Gasteiger partial charge in [0.25, 0.3) is 5.91 Å². The number of amides is 1. The van der Waals surface area contributed by atoms with Gasteiger partial charge < -0.3 is 4.42 Å². The molecule has 0 aliphatic carbocycles. The van der Waals surface area contributed by atoms with Crippen LogP contribution >= 0.6 is 27.5 Å². The fourth-order valence-corrected chi connectivity index (χ4v) is 2.71. The zero-order valence-electron chi connectivity index (χ0n) is 12.1. The van der Waals surface area contributed by atoms with E-state index in [1.165, 1.54) is 18.5 Å². The third-order valence-electron chi connectivity index (χ3n) is 3.25. The average molecular weight is 406 g/mol. The molecule has 0 aliphatic rings. The number of carbonyl (C=O) groups is 1. The van der Waals surface area contributed by atoms with Gasteiger partial charge in [-0.2, -0.15) is 5.10 Å². The molecule has 5 nitrogen and oxygen atoms in total. The van der Waals surface area contributed by atoms with Gasteiger partial charge in [0.15, 0.2) is 0 Å². The summed E-state index contributed by atoms with van der Waals surface area (Å²) in [4.78, 5) is 24.4. The molecule has 0 bridgehead atoms. The topological polar surface area (TPSA) is 71.7 Å². The number of rotatable bonds is 3. The summed E-state index contributed by atoms with van der Waals surface area (Å²) in [6.45, 7) is 0. The lowest BCUT2D eigenvalue weighted by atomic mass is 10.2. The predicted octanol–water partition coefficient (Wildman–Crippen LogP) is 3.97. The van der Waals surface area contributed by atoms with Crippen molar-refractivity contribution >= 4 is 50.6 Å². The maximum Gasteiger partial charge on any atom is 0.272 e. The van der Waals surface area contributed by atoms with Gasteiger partial charge in [0.1, 0.15) is 11.8 Å². The van der Waals surface area contributed by atoms with Crippen molar-refractivity contribution < 1.29 is 9.21 Å². The quantitative estimate of drug-likeness (QED) is 0.529. The minimum Gasteiger partial charge on any atom is -0.463 e. The Balaban J connectivity index is 1.84. The highest BCUT2D eigenvalue weighted by Crippen LogP contribution is 2.17. The van der Waals surface area contributed by atoms with Gasteiger partial charge in [0, 0.05) is 9.50 Å². The summed E-state index contributed by atoms with van der Waals surface area (Å²) in [5.41, 5.74) is 3.16. The summed E-state index contributed by atoms with van der Waals surface area (Å²) in [5, 5.41) is 4.60. The molecular formula is C17H10BrClN2O3. The molecular weight excluding hydrogens is 396 g/mol. The molecule has 2 aromatic carbocycles. The molecule has 3 rings (SSSR count). The smallest absolute Gasteiger partial charge is 0.272 e. The van der Waals surface area contributed by atoms with Gasteiger partial charge in [0.2, 0.25) is 5.43 Å². The van der Waals surface area contributed by atoms with E-state index in [-0.39, 0.29) is 11.0 Å². The summed E-state index contributed by atoms with van der Waals surface area (Å²) in [7, 11) is 0. The van der Waals surface area contributed by atoms with E-state index < -0.39 is 5.91 Å². The number of hydrogen-bond donors (Lipinski definition) is 1. The van der Waals surface area contributed by atoms with Gasteiger partial charge in [-0.15, -0.1) is 0 Å². The molecule has 0 atom stereocenters. The standard InChI is InChI=1S/C17H10BrClN2O3/c18-14-4-2-1-3-12(14)17(23)21-20-8-10-9-24-15-6-5-11(19)7-13(15)16(10)22/h1-9H,(H,21,23)/b20-8+. The van der Waals surface area contributed by atoms with E-state index in [0.717, 1.165) is 0 Å². The van der Waals surface area contributed by atoms with Crippen LogP contribution in [-0.4, -0.2) is 12.1 Å². The van der Waals surface area contributed by atoms with Gasteiger partial charge in [0.05, 0.1) is 22.7 Å². The molecule has 0 unspecified atom stereocenters. The first kappa shape index (κ1) is 16.4. The number of hydrogen-bond acceptors (Lipinski definition) is 4. The van der Waals surface area contributed by atoms with Gasteiger partial charge >= 0.3 is 0 Å². The Bertz CT molecular complexity index is 1010. The van der Waals surface area contributed by atoms with Crippen LogP contribution in [0.3, 0.4) is 0 Å². The van der Waals surface area contributed by atoms with Crippen LogP contribution < -0.4 is 10.9 Å². The molecule has 1 amide bonds. The Morgan fingerprint density at radius 1 is 1.25 bits per heavy atom. The predicted molar refractivity (Wildman–Crippen MR) is 96.7 cm³/mol. The van der Waals surface area contributed by atoms with Crippen LogP contribution in [0.15, 0.2) is 67.5 Å². The van der Waals surface area contributed by atoms with Crippen molar-refractivity contribution in [2.24, 2.45) is 5.10 Å². The monoisotopic (exact) mass is 404 g/mol. The first-order valence-corrected chi connectivity index (χ1v) is 8.02. The van der Waals surface area contributed by atoms with Gasteiger partial charge in [-0.05, 0) is 46.3 Å². The Morgan fingerprint density at radius 2 is 2.04 bits per heavy atom. The van der Waals surface area contributed by atoms with E-state index in [4.69, 9.17) is 16.0 Å². The van der Waals surface area contributed by atoms with Crippen LogP contribution in [-0.2, 0) is 0 Å². The fourth-order valence-electron chi connectivity index (χ4n) is 2.07. The van der Waals surface area contributed by atoms with Crippen molar-refractivity contribution in [1.82, 2.24) is 5.43 Å². The maximum absolute atomic E-state index is 12.4. The largest absolute Gasteiger partial charge is 0.463 e. The van der Waals surface area contributed by atoms with Crippen molar-refractivity contribution in [2.45, 2.75) is 0 Å². The molecule has 0 spiro atoms. The molecule has 1 N–H and O–H groups in total. The molecule has 3 aromatic rings. The maximum atomic E-state index is 12.4. The van der Waals surface area contributed by atoms with Gasteiger partial charge in [-0.25, -0.2) is 5.43 Å². The Morgan fingerprint density at radius 3 is 2.83 bits per heavy atom. The highest BCUT2D eigenvalue weighted by Gasteiger charge is 2.09. The summed E-state index contributed by atoms with van der Waals surface area (Å²) in [5.74, 6) is -0.396. The molecule has 0 fully saturated rings. The first-order valence-electron chi connectivity index (χ1n) is 6.85. The molecule has 120 valence electrons. The fraction of sp³-hybridized carbons (Fsp3) is 0. The summed E-state index contributed by atoms with van der Waals surface area (Å²) in [6.07, 6.45) is 2.52. The average Bonchev–Trinajstić information content (AvgIpc) is 2.57. The van der Waals surface area contributed by atoms with E-state index >= 15 is 0 Å². The van der Waals surface area contributed by atoms with Crippen molar-refractivity contribution in [3.05, 3.63) is 79.6 Å². The number of fused-ring (bicyclic) bond motifs is 1. The minimum atomic E-state index is -0.396. The summed E-state index contributed by atoms with van der Waals surface area (Å²) in [6, 6.07) is 11.7. The number of carbonyl (C=O) groups excluding carboxylic acids is 1. The second kappa shape index (κ2) is 6.98. The lowest BCUT2D eigenvalue weighted by molar-refractivity contribution is 0.0954. The molecule has 1 aromatic heterocycles. The van der Waals surface area contributed by atoms with Crippen LogP contribution in [0.25, 0.3) is 11.0 Å². The van der Waals surface area contributed by atoms with Crippen molar-refractivity contribution in [2.75, 3.05) is 0 Å². The van der Waals surface area contributed by atoms with Crippen molar-refractivity contribution in [1.29, 1.82) is 0 Å². The zero-order valence-corrected chi connectivity index (χ0v) is 14.5. The number of benzene rings is 2. The molecule has 0 saturated heterocycles. The zero-order chi connectivity index (χ0) is 17.1. The Labute approximate surface area is 150 Å². The van der Waals surface area contributed by atoms with Crippen LogP contribution in [0.2, 0.25) is 5.02 Å². The number of nitrogens with zero attached hydrogens (tertiary/aromatic N) is 1. The second-order valence-corrected chi connectivity index (χ2v) is 6.13. The highest BCUT2D eigenvalue weighted by molar-refractivity contribution is 9.10. The van der Waals surface area contributed by atoms with Crippen LogP contribution in [0.4, 0.5) is 0 Å². The second-order valence-electron chi connectivity index (χ2n) is 4.84. The molecule has 0 saturated carbocycles. The van der Waals surface area contributed by atoms with E-state index in [1.54, 1.807) is 36.4 Å². The summed E-state index contributed by atoms with van der Waals surface area (Å²) < 4.78 is 6.02. The van der Waals surface area contributed by atoms with E-state index in [9.17, 15) is 9.59 Å². The van der Waals surface area contributed by atoms with E-state index in [2.05, 4.69) is 26.5 Å². The van der Waals surface area contributed by atoms with Crippen molar-refractivity contribution in [3.63, 3.8) is 0 Å². The number of nitrogens with one attached hydrogen (secondary N) is 1. The number of halogens is 2. The SMILES string of the molecule is O=C(N/N=C/c1coc2ccc(Cl)cc2c1=O)c1ccccc1Br. The Hall–Kier alpha value is -2.44. The minimum absolute atomic E-state index is 0.206. The van der Waals surface area contributed by atoms with E-state index in [0.29, 0.717) is 26.0 Å². The lowest BCUT2D eigenvalue weighted by Gasteiger charge is -2.02. The van der Waals surface area contributed by atoms with E-state index in [1.807, 2.05) is 0 Å². The third-order valence-corrected chi connectivity index (χ3v) is 4.18. The number of hydrazone groups is 1. The van der Waals surface area contributed by atoms with Gasteiger partial charge in [-0.3, -0.25) is 9.59 Å². The molecule has 1 heterocycles. The highest BCUT2D eigenvalue weighted by atomic mass is 79.9. The summed E-state index contributed by atoms with van der Waals surface area (Å²) >= 11 is 9.18. The van der Waals surface area contributed by atoms with Crippen LogP contribution in [0, 0.1) is 0 Å². The van der Waals surface area contributed by atoms with Gasteiger partial charge in [-0.1, -0.05) is 23.7 Å². The molecule has 7 heteroatoms. The lowest BCUT2D eigenvalue weighted by Crippen LogP contribution is -2.19. The first-order chi connectivity index (χ1) is 11.6. The van der Waals surface area contributed by atoms with Crippen LogP contribution in [0.5, 0.6) is 0 Å². The van der Waals surface area contributed by atoms with Crippen molar-refractivity contribution in [3.8, 4) is 0 Å². The normalized spacial score (nSPS) is 11.1. The Kier molecular flexibility index (Phi) is 4.78.